The molecule has 0 aliphatic rings. The summed E-state index contributed by atoms with van der Waals surface area (Å²) in [7, 11) is 1.65. The van der Waals surface area contributed by atoms with Crippen molar-refractivity contribution in [3.8, 4) is 0 Å². The van der Waals surface area contributed by atoms with Gasteiger partial charge in [0.2, 0.25) is 0 Å². The van der Waals surface area contributed by atoms with E-state index in [2.05, 4.69) is 0 Å². The summed E-state index contributed by atoms with van der Waals surface area (Å²) in [5.74, 6) is 1.10. The molecule has 0 fully saturated rings. The van der Waals surface area contributed by atoms with E-state index in [1.54, 1.807) is 24.9 Å². The summed E-state index contributed by atoms with van der Waals surface area (Å²) in [6.45, 7) is 0.680. The largest absolute Gasteiger partial charge is 0.384 e. The third-order valence-electron chi connectivity index (χ3n) is 1.97. The van der Waals surface area contributed by atoms with Crippen LogP contribution in [-0.2, 0) is 10.5 Å². The molecule has 0 amide bonds. The van der Waals surface area contributed by atoms with Crippen LogP contribution >= 0.6 is 11.8 Å². The average Bonchev–Trinajstić information content (AvgIpc) is 2.23. The van der Waals surface area contributed by atoms with Crippen LogP contribution in [0, 0.1) is 11.2 Å². The van der Waals surface area contributed by atoms with Gasteiger partial charge in [-0.25, -0.2) is 4.39 Å². The lowest BCUT2D eigenvalue weighted by molar-refractivity contribution is 0.218. The normalized spacial score (nSPS) is 10.4. The van der Waals surface area contributed by atoms with Crippen LogP contribution in [-0.4, -0.2) is 25.3 Å². The fraction of sp³-hybridized carbons (Fsp3) is 0.364. The number of thioether (sulfide) groups is 1. The van der Waals surface area contributed by atoms with Gasteiger partial charge in [-0.3, -0.25) is 5.41 Å². The summed E-state index contributed by atoms with van der Waals surface area (Å²) in [5, 5.41) is 7.26. The fourth-order valence-electron chi connectivity index (χ4n) is 1.22. The molecule has 0 spiro atoms. The van der Waals surface area contributed by atoms with E-state index in [0.29, 0.717) is 17.9 Å². The van der Waals surface area contributed by atoms with Crippen LogP contribution in [0.2, 0.25) is 0 Å². The van der Waals surface area contributed by atoms with Gasteiger partial charge in [0, 0.05) is 24.2 Å². The maximum atomic E-state index is 13.2. The van der Waals surface area contributed by atoms with E-state index in [0.717, 1.165) is 11.3 Å². The van der Waals surface area contributed by atoms with Crippen LogP contribution < -0.4 is 5.73 Å². The third-order valence-corrected chi connectivity index (χ3v) is 2.96. The van der Waals surface area contributed by atoms with Crippen LogP contribution in [0.4, 0.5) is 4.39 Å². The smallest absolute Gasteiger partial charge is 0.124 e. The van der Waals surface area contributed by atoms with Crippen LogP contribution in [0.15, 0.2) is 18.2 Å². The van der Waals surface area contributed by atoms with Crippen molar-refractivity contribution >= 4 is 17.6 Å². The molecule has 5 heteroatoms. The highest BCUT2D eigenvalue weighted by molar-refractivity contribution is 7.98. The first-order valence-electron chi connectivity index (χ1n) is 4.84. The highest BCUT2D eigenvalue weighted by Gasteiger charge is 2.03. The van der Waals surface area contributed by atoms with Gasteiger partial charge in [0.05, 0.1) is 6.61 Å². The van der Waals surface area contributed by atoms with Gasteiger partial charge in [-0.2, -0.15) is 11.8 Å². The number of hydrogen-bond donors (Lipinski definition) is 2. The van der Waals surface area contributed by atoms with E-state index >= 15 is 0 Å². The molecule has 0 aliphatic carbocycles. The minimum Gasteiger partial charge on any atom is -0.384 e. The second-order valence-electron chi connectivity index (χ2n) is 3.31. The summed E-state index contributed by atoms with van der Waals surface area (Å²) in [6.07, 6.45) is 0. The Morgan fingerprint density at radius 1 is 1.50 bits per heavy atom. The lowest BCUT2D eigenvalue weighted by Gasteiger charge is -2.05. The molecule has 3 N–H and O–H groups in total. The summed E-state index contributed by atoms with van der Waals surface area (Å²) < 4.78 is 18.1. The SMILES string of the molecule is COCCSCc1cc(F)cc(C(=N)N)c1. The van der Waals surface area contributed by atoms with Crippen LogP contribution in [0.3, 0.4) is 0 Å². The van der Waals surface area contributed by atoms with E-state index in [-0.39, 0.29) is 11.7 Å². The number of nitrogen functional groups attached to an aromatic ring is 1. The Labute approximate surface area is 98.7 Å². The number of halogens is 1. The van der Waals surface area contributed by atoms with Crippen LogP contribution in [0.5, 0.6) is 0 Å². The highest BCUT2D eigenvalue weighted by Crippen LogP contribution is 2.15. The molecule has 0 radical (unpaired) electrons. The molecule has 3 nitrogen and oxygen atoms in total. The number of benzene rings is 1. The van der Waals surface area contributed by atoms with Gasteiger partial charge in [-0.15, -0.1) is 0 Å². The molecule has 0 aromatic heterocycles. The van der Waals surface area contributed by atoms with Gasteiger partial charge in [0.15, 0.2) is 0 Å². The predicted molar refractivity (Wildman–Crippen MR) is 65.5 cm³/mol. The lowest BCUT2D eigenvalue weighted by atomic mass is 10.1. The minimum atomic E-state index is -0.352. The fourth-order valence-corrected chi connectivity index (χ4v) is 2.05. The summed E-state index contributed by atoms with van der Waals surface area (Å²) in [6, 6.07) is 4.48. The Bertz CT molecular complexity index is 371. The molecular formula is C11H15FN2OS. The standard InChI is InChI=1S/C11H15FN2OS/c1-15-2-3-16-7-8-4-9(11(13)14)6-10(12)5-8/h4-6H,2-3,7H2,1H3,(H3,13,14). The number of hydrogen-bond acceptors (Lipinski definition) is 3. The summed E-state index contributed by atoms with van der Waals surface area (Å²) in [4.78, 5) is 0. The lowest BCUT2D eigenvalue weighted by Crippen LogP contribution is -2.11. The van der Waals surface area contributed by atoms with Crippen molar-refractivity contribution in [3.63, 3.8) is 0 Å². The zero-order valence-corrected chi connectivity index (χ0v) is 9.94. The first-order chi connectivity index (χ1) is 7.63. The second-order valence-corrected chi connectivity index (χ2v) is 4.41. The Morgan fingerprint density at radius 3 is 2.88 bits per heavy atom. The monoisotopic (exact) mass is 242 g/mol. The van der Waals surface area contributed by atoms with Crippen LogP contribution in [0.1, 0.15) is 11.1 Å². The Morgan fingerprint density at radius 2 is 2.25 bits per heavy atom. The molecular weight excluding hydrogens is 227 g/mol. The number of methoxy groups -OCH3 is 1. The molecule has 0 atom stereocenters. The molecule has 1 aromatic carbocycles. The Hall–Kier alpha value is -1.07. The average molecular weight is 242 g/mol. The topological polar surface area (TPSA) is 59.1 Å². The van der Waals surface area contributed by atoms with Gasteiger partial charge >= 0.3 is 0 Å². The van der Waals surface area contributed by atoms with Crippen molar-refractivity contribution < 1.29 is 9.13 Å². The van der Waals surface area contributed by atoms with E-state index in [1.165, 1.54) is 12.1 Å². The van der Waals surface area contributed by atoms with Crippen molar-refractivity contribution in [1.29, 1.82) is 5.41 Å². The number of amidine groups is 1. The maximum Gasteiger partial charge on any atom is 0.124 e. The maximum absolute atomic E-state index is 13.2. The first kappa shape index (κ1) is 13.0. The number of ether oxygens (including phenoxy) is 1. The number of nitrogens with two attached hydrogens (primary N) is 1. The van der Waals surface area contributed by atoms with E-state index in [9.17, 15) is 4.39 Å². The molecule has 0 aliphatic heterocycles. The Kier molecular flexibility index (Phi) is 5.28. The van der Waals surface area contributed by atoms with E-state index in [1.807, 2.05) is 0 Å². The molecule has 0 saturated heterocycles. The summed E-state index contributed by atoms with van der Waals surface area (Å²) in [5.41, 5.74) is 6.59. The molecule has 16 heavy (non-hydrogen) atoms. The number of nitrogens with one attached hydrogen (secondary N) is 1. The van der Waals surface area contributed by atoms with Crippen molar-refractivity contribution in [2.24, 2.45) is 5.73 Å². The second kappa shape index (κ2) is 6.50. The van der Waals surface area contributed by atoms with Gasteiger partial charge < -0.3 is 10.5 Å². The molecule has 88 valence electrons. The van der Waals surface area contributed by atoms with Gasteiger partial charge in [-0.05, 0) is 23.8 Å². The zero-order valence-electron chi connectivity index (χ0n) is 9.13. The van der Waals surface area contributed by atoms with Crippen molar-refractivity contribution in [3.05, 3.63) is 35.1 Å². The first-order valence-corrected chi connectivity index (χ1v) is 5.99. The molecule has 0 unspecified atom stereocenters. The zero-order chi connectivity index (χ0) is 12.0. The van der Waals surface area contributed by atoms with Crippen molar-refractivity contribution in [2.75, 3.05) is 19.5 Å². The summed E-state index contributed by atoms with van der Waals surface area (Å²) >= 11 is 1.66. The Balaban J connectivity index is 2.62. The quantitative estimate of drug-likeness (QED) is 0.455. The minimum absolute atomic E-state index is 0.109. The van der Waals surface area contributed by atoms with Crippen molar-refractivity contribution in [2.45, 2.75) is 5.75 Å². The molecule has 0 bridgehead atoms. The predicted octanol–water partition coefficient (Wildman–Crippen LogP) is 1.99. The number of rotatable bonds is 6. The van der Waals surface area contributed by atoms with Gasteiger partial charge in [-0.1, -0.05) is 0 Å². The highest BCUT2D eigenvalue weighted by atomic mass is 32.2. The van der Waals surface area contributed by atoms with Gasteiger partial charge in [0.25, 0.3) is 0 Å². The molecule has 1 aromatic rings. The third kappa shape index (κ3) is 4.20. The van der Waals surface area contributed by atoms with Crippen LogP contribution in [0.25, 0.3) is 0 Å². The van der Waals surface area contributed by atoms with E-state index in [4.69, 9.17) is 15.9 Å². The van der Waals surface area contributed by atoms with E-state index < -0.39 is 0 Å². The molecule has 1 rings (SSSR count). The molecule has 0 saturated carbocycles. The van der Waals surface area contributed by atoms with Gasteiger partial charge in [0.1, 0.15) is 11.7 Å². The molecule has 0 heterocycles. The van der Waals surface area contributed by atoms with Crippen molar-refractivity contribution in [1.82, 2.24) is 0 Å².